The van der Waals surface area contributed by atoms with Crippen molar-refractivity contribution in [3.05, 3.63) is 0 Å². The van der Waals surface area contributed by atoms with Crippen LogP contribution < -0.4 is 5.32 Å². The molecule has 0 saturated carbocycles. The molecule has 7 nitrogen and oxygen atoms in total. The first-order chi connectivity index (χ1) is 8.02. The summed E-state index contributed by atoms with van der Waals surface area (Å²) >= 11 is 2.04. The molecule has 8 heteroatoms. The highest BCUT2D eigenvalue weighted by Gasteiger charge is 2.42. The lowest BCUT2D eigenvalue weighted by atomic mass is 10.2. The number of ether oxygens (including phenoxy) is 1. The fourth-order valence-corrected chi connectivity index (χ4v) is 2.59. The molecule has 2 aliphatic rings. The van der Waals surface area contributed by atoms with E-state index in [0.29, 0.717) is 6.54 Å². The van der Waals surface area contributed by atoms with Gasteiger partial charge in [0.2, 0.25) is 0 Å². The molecule has 0 aromatic rings. The first-order valence-electron chi connectivity index (χ1n) is 5.36. The van der Waals surface area contributed by atoms with Crippen LogP contribution in [-0.4, -0.2) is 68.0 Å². The molecule has 2 saturated heterocycles. The van der Waals surface area contributed by atoms with Gasteiger partial charge >= 0.3 is 6.03 Å². The van der Waals surface area contributed by atoms with E-state index in [1.165, 1.54) is 4.90 Å². The number of aliphatic hydroxyl groups excluding tert-OH is 3. The lowest BCUT2D eigenvalue weighted by molar-refractivity contribution is -0.0714. The number of carbonyl (C=O) groups excluding carboxylic acids is 1. The molecule has 0 radical (unpaired) electrons. The standard InChI is InChI=1S/C9H15IN2O5/c10-4-2-12(9(16)11-8(4)15)7-1-5(14)6(3-13)17-7/h4-8,13-15H,1-3H2,(H,11,16)/t4?,5-,6+,7+,8?/m0/s1. The van der Waals surface area contributed by atoms with Gasteiger partial charge in [-0.25, -0.2) is 4.79 Å². The second kappa shape index (κ2) is 5.22. The van der Waals surface area contributed by atoms with E-state index in [4.69, 9.17) is 9.84 Å². The molecule has 2 aliphatic heterocycles. The zero-order chi connectivity index (χ0) is 12.6. The molecule has 4 N–H and O–H groups in total. The van der Waals surface area contributed by atoms with E-state index in [-0.39, 0.29) is 17.0 Å². The van der Waals surface area contributed by atoms with Crippen molar-refractivity contribution in [1.82, 2.24) is 10.2 Å². The van der Waals surface area contributed by atoms with Crippen molar-refractivity contribution in [1.29, 1.82) is 0 Å². The van der Waals surface area contributed by atoms with Crippen LogP contribution in [0.15, 0.2) is 0 Å². The van der Waals surface area contributed by atoms with Gasteiger partial charge < -0.3 is 25.4 Å². The van der Waals surface area contributed by atoms with Crippen LogP contribution in [0.4, 0.5) is 4.79 Å². The molecule has 98 valence electrons. The van der Waals surface area contributed by atoms with E-state index in [9.17, 15) is 15.0 Å². The second-order valence-electron chi connectivity index (χ2n) is 4.18. The summed E-state index contributed by atoms with van der Waals surface area (Å²) in [6, 6.07) is -0.416. The molecule has 0 spiro atoms. The third-order valence-electron chi connectivity index (χ3n) is 2.98. The van der Waals surface area contributed by atoms with E-state index in [0.717, 1.165) is 0 Å². The summed E-state index contributed by atoms with van der Waals surface area (Å²) in [6.45, 7) is 0.0759. The number of nitrogens with one attached hydrogen (secondary N) is 1. The van der Waals surface area contributed by atoms with Crippen LogP contribution in [0.3, 0.4) is 0 Å². The van der Waals surface area contributed by atoms with Crippen molar-refractivity contribution < 1.29 is 24.9 Å². The Morgan fingerprint density at radius 2 is 2.24 bits per heavy atom. The average molecular weight is 358 g/mol. The topological polar surface area (TPSA) is 102 Å². The summed E-state index contributed by atoms with van der Waals surface area (Å²) in [4.78, 5) is 13.1. The van der Waals surface area contributed by atoms with Crippen LogP contribution in [0.5, 0.6) is 0 Å². The van der Waals surface area contributed by atoms with Gasteiger partial charge in [0.05, 0.1) is 16.6 Å². The molecule has 0 bridgehead atoms. The van der Waals surface area contributed by atoms with E-state index in [1.807, 2.05) is 22.6 Å². The molecule has 2 rings (SSSR count). The highest BCUT2D eigenvalue weighted by molar-refractivity contribution is 14.1. The zero-order valence-corrected chi connectivity index (χ0v) is 11.1. The number of carbonyl (C=O) groups is 1. The van der Waals surface area contributed by atoms with Gasteiger partial charge in [0.25, 0.3) is 0 Å². The third kappa shape index (κ3) is 2.65. The molecule has 2 amide bonds. The van der Waals surface area contributed by atoms with Crippen molar-refractivity contribution in [2.45, 2.75) is 35.0 Å². The number of urea groups is 1. The minimum absolute atomic E-state index is 0.140. The quantitative estimate of drug-likeness (QED) is 0.359. The number of rotatable bonds is 2. The van der Waals surface area contributed by atoms with Gasteiger partial charge in [-0.15, -0.1) is 0 Å². The molecule has 2 fully saturated rings. The first-order valence-corrected chi connectivity index (χ1v) is 6.61. The molecule has 5 atom stereocenters. The van der Waals surface area contributed by atoms with E-state index < -0.39 is 30.7 Å². The Morgan fingerprint density at radius 3 is 2.82 bits per heavy atom. The Labute approximate surface area is 112 Å². The fraction of sp³-hybridized carbons (Fsp3) is 0.889. The number of amides is 2. The smallest absolute Gasteiger partial charge is 0.321 e. The summed E-state index contributed by atoms with van der Waals surface area (Å²) in [6.07, 6.45) is -2.55. The highest BCUT2D eigenvalue weighted by atomic mass is 127. The second-order valence-corrected chi connectivity index (χ2v) is 5.78. The Kier molecular flexibility index (Phi) is 4.08. The van der Waals surface area contributed by atoms with E-state index in [1.54, 1.807) is 0 Å². The third-order valence-corrected chi connectivity index (χ3v) is 4.05. The summed E-state index contributed by atoms with van der Waals surface area (Å²) in [7, 11) is 0. The van der Waals surface area contributed by atoms with E-state index in [2.05, 4.69) is 5.32 Å². The zero-order valence-electron chi connectivity index (χ0n) is 8.99. The summed E-state index contributed by atoms with van der Waals surface area (Å²) < 4.78 is 5.26. The maximum Gasteiger partial charge on any atom is 0.321 e. The van der Waals surface area contributed by atoms with Gasteiger partial charge in [0.15, 0.2) is 0 Å². The maximum atomic E-state index is 11.7. The SMILES string of the molecule is O=C1NC(O)C(I)CN1[C@H]1C[C@H](O)[C@@H](CO)O1. The summed E-state index contributed by atoms with van der Waals surface area (Å²) in [5.74, 6) is 0. The van der Waals surface area contributed by atoms with Gasteiger partial charge in [-0.1, -0.05) is 22.6 Å². The van der Waals surface area contributed by atoms with E-state index >= 15 is 0 Å². The lowest BCUT2D eigenvalue weighted by Gasteiger charge is -2.37. The lowest BCUT2D eigenvalue weighted by Crippen LogP contribution is -2.60. The number of hydrogen-bond acceptors (Lipinski definition) is 5. The van der Waals surface area contributed by atoms with Crippen LogP contribution >= 0.6 is 22.6 Å². The molecule has 0 aliphatic carbocycles. The van der Waals surface area contributed by atoms with Gasteiger partial charge in [-0.05, 0) is 0 Å². The van der Waals surface area contributed by atoms with Gasteiger partial charge in [-0.3, -0.25) is 4.90 Å². The fourth-order valence-electron chi connectivity index (χ4n) is 1.99. The Bertz CT molecular complexity index is 305. The first kappa shape index (κ1) is 13.3. The largest absolute Gasteiger partial charge is 0.394 e. The molecule has 2 heterocycles. The molecule has 17 heavy (non-hydrogen) atoms. The number of aliphatic hydroxyl groups is 3. The number of halogens is 1. The minimum Gasteiger partial charge on any atom is -0.394 e. The Balaban J connectivity index is 2.01. The predicted molar refractivity (Wildman–Crippen MR) is 65.4 cm³/mol. The van der Waals surface area contributed by atoms with Crippen molar-refractivity contribution >= 4 is 28.6 Å². The molecule has 0 aromatic heterocycles. The number of hydrogen-bond donors (Lipinski definition) is 4. The van der Waals surface area contributed by atoms with Gasteiger partial charge in [0, 0.05) is 13.0 Å². The highest BCUT2D eigenvalue weighted by Crippen LogP contribution is 2.26. The average Bonchev–Trinajstić information content (AvgIpc) is 2.65. The molecule has 0 aromatic carbocycles. The van der Waals surface area contributed by atoms with Crippen LogP contribution in [0.25, 0.3) is 0 Å². The Morgan fingerprint density at radius 1 is 1.53 bits per heavy atom. The molecule has 2 unspecified atom stereocenters. The van der Waals surface area contributed by atoms with Gasteiger partial charge in [-0.2, -0.15) is 0 Å². The monoisotopic (exact) mass is 358 g/mol. The molecular formula is C9H15IN2O5. The molecular weight excluding hydrogens is 343 g/mol. The predicted octanol–water partition coefficient (Wildman–Crippen LogP) is -1.40. The van der Waals surface area contributed by atoms with Crippen LogP contribution in [0.2, 0.25) is 0 Å². The number of alkyl halides is 1. The van der Waals surface area contributed by atoms with Crippen molar-refractivity contribution in [3.63, 3.8) is 0 Å². The maximum absolute atomic E-state index is 11.7. The minimum atomic E-state index is -0.862. The summed E-state index contributed by atoms with van der Waals surface area (Å²) in [5, 5.41) is 30.4. The normalized spacial score (nSPS) is 42.7. The summed E-state index contributed by atoms with van der Waals surface area (Å²) in [5.41, 5.74) is 0. The van der Waals surface area contributed by atoms with Crippen LogP contribution in [0.1, 0.15) is 6.42 Å². The number of nitrogens with zero attached hydrogens (tertiary/aromatic N) is 1. The van der Waals surface area contributed by atoms with Crippen molar-refractivity contribution in [2.75, 3.05) is 13.2 Å². The van der Waals surface area contributed by atoms with Crippen LogP contribution in [-0.2, 0) is 4.74 Å². The van der Waals surface area contributed by atoms with Crippen molar-refractivity contribution in [3.8, 4) is 0 Å². The van der Waals surface area contributed by atoms with Gasteiger partial charge in [0.1, 0.15) is 18.6 Å². The van der Waals surface area contributed by atoms with Crippen LogP contribution in [0, 0.1) is 0 Å². The Hall–Kier alpha value is -0.160. The van der Waals surface area contributed by atoms with Crippen molar-refractivity contribution in [2.24, 2.45) is 0 Å².